The van der Waals surface area contributed by atoms with E-state index in [2.05, 4.69) is 5.32 Å². The van der Waals surface area contributed by atoms with E-state index in [1.165, 1.54) is 6.08 Å². The Morgan fingerprint density at radius 2 is 2.05 bits per heavy atom. The summed E-state index contributed by atoms with van der Waals surface area (Å²) in [4.78, 5) is 11.7. The molecule has 8 heteroatoms. The first-order valence-electron chi connectivity index (χ1n) is 6.61. The maximum Gasteiger partial charge on any atom is 0.419 e. The first kappa shape index (κ1) is 15.0. The number of urea groups is 1. The van der Waals surface area contributed by atoms with Gasteiger partial charge in [-0.2, -0.15) is 13.2 Å². The van der Waals surface area contributed by atoms with E-state index in [4.69, 9.17) is 11.6 Å². The summed E-state index contributed by atoms with van der Waals surface area (Å²) in [5, 5.41) is 13.6. The number of carbonyl (C=O) groups excluding carboxylic acids is 1. The number of aromatic hydroxyl groups is 1. The molecule has 1 aliphatic heterocycles. The van der Waals surface area contributed by atoms with Gasteiger partial charge >= 0.3 is 12.2 Å². The summed E-state index contributed by atoms with van der Waals surface area (Å²) < 4.78 is 41.3. The maximum absolute atomic E-state index is 13.8. The fourth-order valence-electron chi connectivity index (χ4n) is 2.41. The van der Waals surface area contributed by atoms with E-state index < -0.39 is 23.5 Å². The monoisotopic (exact) mass is 332 g/mol. The van der Waals surface area contributed by atoms with Gasteiger partial charge in [-0.3, -0.25) is 0 Å². The Kier molecular flexibility index (Phi) is 3.28. The summed E-state index contributed by atoms with van der Waals surface area (Å²) in [7, 11) is 0. The molecule has 1 saturated carbocycles. The van der Waals surface area contributed by atoms with Crippen molar-refractivity contribution in [2.24, 2.45) is 5.92 Å². The molecule has 0 saturated heterocycles. The van der Waals surface area contributed by atoms with Crippen molar-refractivity contribution in [3.05, 3.63) is 34.9 Å². The molecule has 1 fully saturated rings. The average molecular weight is 333 g/mol. The molecule has 3 rings (SSSR count). The summed E-state index contributed by atoms with van der Waals surface area (Å²) in [5.41, 5.74) is -3.03. The second-order valence-corrected chi connectivity index (χ2v) is 5.84. The lowest BCUT2D eigenvalue weighted by molar-refractivity contribution is -0.181. The lowest BCUT2D eigenvalue weighted by Crippen LogP contribution is -2.58. The number of benzene rings is 1. The Balaban J connectivity index is 2.21. The van der Waals surface area contributed by atoms with Gasteiger partial charge < -0.3 is 15.7 Å². The maximum atomic E-state index is 13.8. The molecule has 1 heterocycles. The number of rotatable bonds is 2. The third kappa shape index (κ3) is 2.39. The molecule has 3 N–H and O–H groups in total. The highest BCUT2D eigenvalue weighted by Crippen LogP contribution is 2.48. The molecule has 22 heavy (non-hydrogen) atoms. The van der Waals surface area contributed by atoms with Crippen molar-refractivity contribution in [3.8, 4) is 5.75 Å². The molecule has 2 aliphatic rings. The number of hydrogen-bond acceptors (Lipinski definition) is 2. The molecule has 0 bridgehead atoms. The van der Waals surface area contributed by atoms with Crippen LogP contribution in [-0.2, 0) is 5.54 Å². The number of phenols is 1. The van der Waals surface area contributed by atoms with Crippen LogP contribution in [-0.4, -0.2) is 17.3 Å². The van der Waals surface area contributed by atoms with E-state index in [9.17, 15) is 23.1 Å². The number of hydrogen-bond donors (Lipinski definition) is 3. The van der Waals surface area contributed by atoms with Crippen LogP contribution in [0.1, 0.15) is 18.4 Å². The van der Waals surface area contributed by atoms with Crippen molar-refractivity contribution < 1.29 is 23.1 Å². The Bertz CT molecular complexity index is 671. The van der Waals surface area contributed by atoms with Gasteiger partial charge in [0.15, 0.2) is 5.54 Å². The zero-order valence-corrected chi connectivity index (χ0v) is 11.9. The summed E-state index contributed by atoms with van der Waals surface area (Å²) in [5.74, 6) is -0.299. The largest absolute Gasteiger partial charge is 0.506 e. The molecule has 4 nitrogen and oxygen atoms in total. The summed E-state index contributed by atoms with van der Waals surface area (Å²) in [6, 6.07) is 1.04. The van der Waals surface area contributed by atoms with Crippen LogP contribution in [0, 0.1) is 5.92 Å². The smallest absolute Gasteiger partial charge is 0.419 e. The molecule has 1 aliphatic carbocycles. The van der Waals surface area contributed by atoms with E-state index in [0.717, 1.165) is 31.1 Å². The normalized spacial score (nSPS) is 24.8. The topological polar surface area (TPSA) is 61.4 Å². The Hall–Kier alpha value is -1.89. The van der Waals surface area contributed by atoms with E-state index in [1.807, 2.05) is 5.32 Å². The van der Waals surface area contributed by atoms with Crippen molar-refractivity contribution in [3.63, 3.8) is 0 Å². The Labute approximate surface area is 129 Å². The summed E-state index contributed by atoms with van der Waals surface area (Å²) in [6.07, 6.45) is -0.663. The number of phenolic OH excluding ortho intramolecular Hbond substituents is 1. The number of alkyl halides is 3. The molecule has 2 amide bonds. The van der Waals surface area contributed by atoms with Crippen molar-refractivity contribution >= 4 is 23.3 Å². The number of fused-ring (bicyclic) bond motifs is 1. The van der Waals surface area contributed by atoms with Gasteiger partial charge in [-0.05, 0) is 30.9 Å². The van der Waals surface area contributed by atoms with Crippen LogP contribution in [0.5, 0.6) is 5.75 Å². The highest BCUT2D eigenvalue weighted by Gasteiger charge is 2.58. The molecule has 1 aromatic rings. The van der Waals surface area contributed by atoms with Gasteiger partial charge in [0, 0.05) is 11.6 Å². The lowest BCUT2D eigenvalue weighted by Gasteiger charge is -2.39. The number of amides is 2. The van der Waals surface area contributed by atoms with Crippen LogP contribution in [0.3, 0.4) is 0 Å². The van der Waals surface area contributed by atoms with Crippen LogP contribution >= 0.6 is 11.6 Å². The van der Waals surface area contributed by atoms with Crippen LogP contribution in [0.4, 0.5) is 23.7 Å². The van der Waals surface area contributed by atoms with Crippen LogP contribution < -0.4 is 10.6 Å². The zero-order chi connectivity index (χ0) is 16.1. The van der Waals surface area contributed by atoms with Crippen LogP contribution in [0.15, 0.2) is 24.3 Å². The van der Waals surface area contributed by atoms with E-state index in [0.29, 0.717) is 0 Å². The van der Waals surface area contributed by atoms with Crippen molar-refractivity contribution in [2.75, 3.05) is 5.32 Å². The standard InChI is InChI=1S/C14H12ClF3N2O2/c15-9-5-8-10(6-11(9)21)19-12(22)20-13(8,14(16,17)18)4-3-7-1-2-7/h3-7,21H,1-2H2,(H2,19,20,22)/b4-3+/t13-/m0/s1. The molecule has 0 aromatic heterocycles. The Morgan fingerprint density at radius 1 is 1.36 bits per heavy atom. The first-order valence-corrected chi connectivity index (χ1v) is 6.99. The first-order chi connectivity index (χ1) is 10.2. The highest BCUT2D eigenvalue weighted by molar-refractivity contribution is 6.32. The molecule has 1 aromatic carbocycles. The zero-order valence-electron chi connectivity index (χ0n) is 11.2. The minimum Gasteiger partial charge on any atom is -0.506 e. The van der Waals surface area contributed by atoms with Crippen molar-refractivity contribution in [1.29, 1.82) is 0 Å². The van der Waals surface area contributed by atoms with E-state index in [-0.39, 0.29) is 22.2 Å². The second kappa shape index (κ2) is 4.81. The Morgan fingerprint density at radius 3 is 2.64 bits per heavy atom. The van der Waals surface area contributed by atoms with Gasteiger partial charge in [0.05, 0.1) is 10.7 Å². The molecule has 0 radical (unpaired) electrons. The number of anilines is 1. The predicted octanol–water partition coefficient (Wildman–Crippen LogP) is 3.90. The minimum absolute atomic E-state index is 0.0991. The fourth-order valence-corrected chi connectivity index (χ4v) is 2.57. The van der Waals surface area contributed by atoms with Crippen molar-refractivity contribution in [1.82, 2.24) is 5.32 Å². The fraction of sp³-hybridized carbons (Fsp3) is 0.357. The quantitative estimate of drug-likeness (QED) is 0.719. The minimum atomic E-state index is -4.76. The lowest BCUT2D eigenvalue weighted by atomic mass is 9.85. The number of allylic oxidation sites excluding steroid dienone is 1. The van der Waals surface area contributed by atoms with Gasteiger partial charge in [-0.1, -0.05) is 17.7 Å². The molecule has 118 valence electrons. The van der Waals surface area contributed by atoms with E-state index in [1.54, 1.807) is 0 Å². The molecule has 0 unspecified atom stereocenters. The van der Waals surface area contributed by atoms with Gasteiger partial charge in [0.25, 0.3) is 0 Å². The summed E-state index contributed by atoms with van der Waals surface area (Å²) in [6.45, 7) is 0. The second-order valence-electron chi connectivity index (χ2n) is 5.43. The van der Waals surface area contributed by atoms with Crippen molar-refractivity contribution in [2.45, 2.75) is 24.6 Å². The number of nitrogens with one attached hydrogen (secondary N) is 2. The van der Waals surface area contributed by atoms with Gasteiger partial charge in [-0.15, -0.1) is 0 Å². The van der Waals surface area contributed by atoms with Crippen LogP contribution in [0.25, 0.3) is 0 Å². The van der Waals surface area contributed by atoms with Gasteiger partial charge in [-0.25, -0.2) is 4.79 Å². The third-order valence-corrected chi connectivity index (χ3v) is 4.06. The van der Waals surface area contributed by atoms with Crippen LogP contribution in [0.2, 0.25) is 5.02 Å². The molecular formula is C14H12ClF3N2O2. The number of halogens is 4. The van der Waals surface area contributed by atoms with E-state index >= 15 is 0 Å². The summed E-state index contributed by atoms with van der Waals surface area (Å²) >= 11 is 5.75. The average Bonchev–Trinajstić information content (AvgIpc) is 3.21. The van der Waals surface area contributed by atoms with Gasteiger partial charge in [0.1, 0.15) is 5.75 Å². The van der Waals surface area contributed by atoms with Gasteiger partial charge in [0.2, 0.25) is 0 Å². The predicted molar refractivity (Wildman–Crippen MR) is 74.9 cm³/mol. The number of carbonyl (C=O) groups is 1. The third-order valence-electron chi connectivity index (χ3n) is 3.76. The molecule has 0 spiro atoms. The SMILES string of the molecule is O=C1Nc2cc(O)c(Cl)cc2[C@@](/C=C/C2CC2)(C(F)(F)F)N1. The molecular weight excluding hydrogens is 321 g/mol. The molecule has 1 atom stereocenters. The highest BCUT2D eigenvalue weighted by atomic mass is 35.5.